The van der Waals surface area contributed by atoms with E-state index in [1.165, 1.54) is 23.5 Å². The molecule has 2 aromatic rings. The molecule has 4 nitrogen and oxygen atoms in total. The summed E-state index contributed by atoms with van der Waals surface area (Å²) in [7, 11) is -3.57. The molecule has 0 radical (unpaired) electrons. The van der Waals surface area contributed by atoms with E-state index in [4.69, 9.17) is 11.6 Å². The lowest BCUT2D eigenvalue weighted by atomic mass is 10.4. The van der Waals surface area contributed by atoms with Crippen molar-refractivity contribution in [2.24, 2.45) is 0 Å². The number of nitrogens with one attached hydrogen (secondary N) is 1. The standard InChI is InChI=1S/C12H12BrClN2O2S2/c1-2-8-6-15-12(19-8)7-16-20(17,18)9-3-4-11(14)10(13)5-9/h3-6,16H,2,7H2,1H3. The molecule has 0 saturated carbocycles. The number of aryl methyl sites for hydroxylation is 1. The Hall–Kier alpha value is -0.470. The second-order valence-electron chi connectivity index (χ2n) is 3.97. The van der Waals surface area contributed by atoms with E-state index in [1.54, 1.807) is 12.3 Å². The van der Waals surface area contributed by atoms with Gasteiger partial charge in [0.2, 0.25) is 10.0 Å². The van der Waals surface area contributed by atoms with Gasteiger partial charge in [0.25, 0.3) is 0 Å². The van der Waals surface area contributed by atoms with E-state index in [1.807, 2.05) is 6.92 Å². The highest BCUT2D eigenvalue weighted by molar-refractivity contribution is 9.10. The van der Waals surface area contributed by atoms with Crippen LogP contribution in [-0.2, 0) is 23.0 Å². The fourth-order valence-corrected chi connectivity index (χ4v) is 4.03. The maximum atomic E-state index is 12.1. The number of hydrogen-bond donors (Lipinski definition) is 1. The molecule has 0 atom stereocenters. The summed E-state index contributed by atoms with van der Waals surface area (Å²) in [5.74, 6) is 0. The highest BCUT2D eigenvalue weighted by atomic mass is 79.9. The Kier molecular flexibility index (Phi) is 5.19. The molecular weight excluding hydrogens is 384 g/mol. The first kappa shape index (κ1) is 15.9. The van der Waals surface area contributed by atoms with Gasteiger partial charge in [0.1, 0.15) is 5.01 Å². The predicted molar refractivity (Wildman–Crippen MR) is 84.7 cm³/mol. The van der Waals surface area contributed by atoms with Crippen molar-refractivity contribution in [2.75, 3.05) is 0 Å². The highest BCUT2D eigenvalue weighted by Gasteiger charge is 2.15. The summed E-state index contributed by atoms with van der Waals surface area (Å²) in [6, 6.07) is 4.48. The topological polar surface area (TPSA) is 59.1 Å². The number of aromatic nitrogens is 1. The third-order valence-corrected chi connectivity index (χ3v) is 6.32. The highest BCUT2D eigenvalue weighted by Crippen LogP contribution is 2.25. The molecular formula is C12H12BrClN2O2S2. The van der Waals surface area contributed by atoms with Gasteiger partial charge >= 0.3 is 0 Å². The maximum absolute atomic E-state index is 12.1. The minimum atomic E-state index is -3.57. The van der Waals surface area contributed by atoms with Crippen molar-refractivity contribution in [3.63, 3.8) is 0 Å². The Morgan fingerprint density at radius 3 is 2.80 bits per heavy atom. The average Bonchev–Trinajstić information content (AvgIpc) is 2.87. The Morgan fingerprint density at radius 2 is 2.20 bits per heavy atom. The van der Waals surface area contributed by atoms with Crippen LogP contribution in [0.15, 0.2) is 33.8 Å². The first-order valence-corrected chi connectivity index (χ1v) is 9.27. The molecule has 108 valence electrons. The van der Waals surface area contributed by atoms with Crippen LogP contribution >= 0.6 is 38.9 Å². The normalized spacial score (nSPS) is 11.8. The average molecular weight is 396 g/mol. The molecule has 2 rings (SSSR count). The first-order chi connectivity index (χ1) is 9.42. The van der Waals surface area contributed by atoms with Gasteiger partial charge in [-0.2, -0.15) is 0 Å². The zero-order valence-corrected chi connectivity index (χ0v) is 14.5. The Morgan fingerprint density at radius 1 is 1.45 bits per heavy atom. The molecule has 1 aromatic heterocycles. The van der Waals surface area contributed by atoms with Gasteiger partial charge in [0.05, 0.1) is 16.5 Å². The van der Waals surface area contributed by atoms with Crippen LogP contribution in [-0.4, -0.2) is 13.4 Å². The van der Waals surface area contributed by atoms with E-state index >= 15 is 0 Å². The maximum Gasteiger partial charge on any atom is 0.240 e. The van der Waals surface area contributed by atoms with Crippen LogP contribution in [0.2, 0.25) is 5.02 Å². The van der Waals surface area contributed by atoms with Crippen LogP contribution in [0.25, 0.3) is 0 Å². The van der Waals surface area contributed by atoms with Gasteiger partial charge in [-0.1, -0.05) is 18.5 Å². The molecule has 0 spiro atoms. The number of benzene rings is 1. The van der Waals surface area contributed by atoms with Crippen molar-refractivity contribution in [3.8, 4) is 0 Å². The summed E-state index contributed by atoms with van der Waals surface area (Å²) < 4.78 is 27.4. The number of sulfonamides is 1. The molecule has 0 aliphatic rings. The minimum absolute atomic E-state index is 0.168. The van der Waals surface area contributed by atoms with Crippen LogP contribution in [0.5, 0.6) is 0 Å². The summed E-state index contributed by atoms with van der Waals surface area (Å²) in [5.41, 5.74) is 0. The SMILES string of the molecule is CCc1cnc(CNS(=O)(=O)c2ccc(Cl)c(Br)c2)s1. The zero-order chi connectivity index (χ0) is 14.8. The summed E-state index contributed by atoms with van der Waals surface area (Å²) in [6.07, 6.45) is 2.67. The van der Waals surface area contributed by atoms with Crippen molar-refractivity contribution in [3.05, 3.63) is 43.8 Å². The van der Waals surface area contributed by atoms with E-state index in [0.717, 1.165) is 16.3 Å². The third kappa shape index (κ3) is 3.79. The van der Waals surface area contributed by atoms with Crippen LogP contribution in [0.3, 0.4) is 0 Å². The van der Waals surface area contributed by atoms with E-state index in [9.17, 15) is 8.42 Å². The molecule has 0 aliphatic heterocycles. The second kappa shape index (κ2) is 6.53. The van der Waals surface area contributed by atoms with Crippen LogP contribution in [0, 0.1) is 0 Å². The first-order valence-electron chi connectivity index (χ1n) is 5.80. The van der Waals surface area contributed by atoms with E-state index in [0.29, 0.717) is 9.50 Å². The number of halogens is 2. The molecule has 0 amide bonds. The predicted octanol–water partition coefficient (Wildman–Crippen LogP) is 3.60. The molecule has 8 heteroatoms. The van der Waals surface area contributed by atoms with Gasteiger partial charge in [0.15, 0.2) is 0 Å². The molecule has 0 bridgehead atoms. The Balaban J connectivity index is 2.12. The number of thiazole rings is 1. The molecule has 0 fully saturated rings. The summed E-state index contributed by atoms with van der Waals surface area (Å²) in [5, 5.41) is 1.22. The zero-order valence-electron chi connectivity index (χ0n) is 10.6. The Labute approximate surface area is 135 Å². The molecule has 1 aromatic carbocycles. The van der Waals surface area contributed by atoms with Crippen LogP contribution in [0.4, 0.5) is 0 Å². The molecule has 1 N–H and O–H groups in total. The molecule has 20 heavy (non-hydrogen) atoms. The summed E-state index contributed by atoms with van der Waals surface area (Å²) >= 11 is 10.6. The molecule has 0 aliphatic carbocycles. The molecule has 1 heterocycles. The monoisotopic (exact) mass is 394 g/mol. The second-order valence-corrected chi connectivity index (χ2v) is 8.20. The van der Waals surface area contributed by atoms with Gasteiger partial charge in [-0.25, -0.2) is 18.1 Å². The van der Waals surface area contributed by atoms with Gasteiger partial charge in [-0.3, -0.25) is 0 Å². The van der Waals surface area contributed by atoms with Gasteiger partial charge in [-0.05, 0) is 40.5 Å². The van der Waals surface area contributed by atoms with E-state index in [2.05, 4.69) is 25.6 Å². The largest absolute Gasteiger partial charge is 0.248 e. The van der Waals surface area contributed by atoms with Crippen molar-refractivity contribution < 1.29 is 8.42 Å². The lowest BCUT2D eigenvalue weighted by Gasteiger charge is -2.06. The number of hydrogen-bond acceptors (Lipinski definition) is 4. The van der Waals surface area contributed by atoms with E-state index < -0.39 is 10.0 Å². The minimum Gasteiger partial charge on any atom is -0.248 e. The van der Waals surface area contributed by atoms with Crippen molar-refractivity contribution in [1.29, 1.82) is 0 Å². The smallest absolute Gasteiger partial charge is 0.240 e. The third-order valence-electron chi connectivity index (χ3n) is 2.56. The molecule has 0 unspecified atom stereocenters. The van der Waals surface area contributed by atoms with E-state index in [-0.39, 0.29) is 11.4 Å². The molecule has 0 saturated heterocycles. The lowest BCUT2D eigenvalue weighted by Crippen LogP contribution is -2.23. The van der Waals surface area contributed by atoms with Crippen LogP contribution in [0.1, 0.15) is 16.8 Å². The number of rotatable bonds is 5. The lowest BCUT2D eigenvalue weighted by molar-refractivity contribution is 0.581. The number of nitrogens with zero attached hydrogens (tertiary/aromatic N) is 1. The van der Waals surface area contributed by atoms with Crippen molar-refractivity contribution in [2.45, 2.75) is 24.8 Å². The Bertz CT molecular complexity index is 716. The van der Waals surface area contributed by atoms with Crippen molar-refractivity contribution >= 4 is 48.9 Å². The fraction of sp³-hybridized carbons (Fsp3) is 0.250. The van der Waals surface area contributed by atoms with Gasteiger partial charge < -0.3 is 0 Å². The van der Waals surface area contributed by atoms with Crippen molar-refractivity contribution in [1.82, 2.24) is 9.71 Å². The summed E-state index contributed by atoms with van der Waals surface area (Å²) in [4.78, 5) is 5.48. The fourth-order valence-electron chi connectivity index (χ4n) is 1.48. The quantitative estimate of drug-likeness (QED) is 0.841. The van der Waals surface area contributed by atoms with Gasteiger partial charge in [-0.15, -0.1) is 11.3 Å². The summed E-state index contributed by atoms with van der Waals surface area (Å²) in [6.45, 7) is 2.22. The van der Waals surface area contributed by atoms with Crippen LogP contribution < -0.4 is 4.72 Å². The van der Waals surface area contributed by atoms with Gasteiger partial charge in [0, 0.05) is 15.5 Å².